The third kappa shape index (κ3) is 5.77. The van der Waals surface area contributed by atoms with E-state index < -0.39 is 0 Å². The average molecular weight is 441 g/mol. The quantitative estimate of drug-likeness (QED) is 0.605. The van der Waals surface area contributed by atoms with Crippen LogP contribution in [0.1, 0.15) is 66.1 Å². The number of nitrogens with zero attached hydrogens (tertiary/aromatic N) is 3. The van der Waals surface area contributed by atoms with E-state index in [-0.39, 0.29) is 5.91 Å². The van der Waals surface area contributed by atoms with Crippen molar-refractivity contribution in [3.63, 3.8) is 0 Å². The molecule has 2 aliphatic rings. The Kier molecular flexibility index (Phi) is 7.70. The lowest BCUT2D eigenvalue weighted by Crippen LogP contribution is -2.36. The molecule has 2 heterocycles. The summed E-state index contributed by atoms with van der Waals surface area (Å²) in [5.74, 6) is 0.0329. The number of hydrogen-bond acceptors (Lipinski definition) is 4. The van der Waals surface area contributed by atoms with E-state index in [0.29, 0.717) is 6.04 Å². The molecule has 1 aliphatic heterocycles. The van der Waals surface area contributed by atoms with Crippen LogP contribution in [0.4, 0.5) is 0 Å². The highest BCUT2D eigenvalue weighted by Crippen LogP contribution is 2.21. The van der Waals surface area contributed by atoms with Gasteiger partial charge in [-0.1, -0.05) is 50.5 Å². The van der Waals surface area contributed by atoms with Crippen LogP contribution in [-0.2, 0) is 13.0 Å². The SMILES string of the molecule is CCN1CCc2cc(C#N)ccc2C1.O=C(NC1CCCCC1)c1ccnc2ccccc12. The van der Waals surface area contributed by atoms with Gasteiger partial charge < -0.3 is 5.32 Å². The van der Waals surface area contributed by atoms with Crippen molar-refractivity contribution in [1.82, 2.24) is 15.2 Å². The minimum Gasteiger partial charge on any atom is -0.349 e. The van der Waals surface area contributed by atoms with Crippen molar-refractivity contribution in [3.05, 3.63) is 77.0 Å². The van der Waals surface area contributed by atoms with Gasteiger partial charge in [-0.15, -0.1) is 0 Å². The number of nitriles is 1. The topological polar surface area (TPSA) is 69.0 Å². The maximum Gasteiger partial charge on any atom is 0.252 e. The van der Waals surface area contributed by atoms with Gasteiger partial charge in [0.25, 0.3) is 5.91 Å². The van der Waals surface area contributed by atoms with Crippen LogP contribution < -0.4 is 5.32 Å². The third-order valence-corrected chi connectivity index (χ3v) is 6.71. The molecule has 0 saturated heterocycles. The number of rotatable bonds is 3. The fraction of sp³-hybridized carbons (Fsp3) is 0.393. The Bertz CT molecular complexity index is 1140. The molecule has 1 N–H and O–H groups in total. The number of pyridine rings is 1. The number of carbonyl (C=O) groups excluding carboxylic acids is 1. The predicted molar refractivity (Wildman–Crippen MR) is 132 cm³/mol. The largest absolute Gasteiger partial charge is 0.349 e. The highest BCUT2D eigenvalue weighted by Gasteiger charge is 2.18. The fourth-order valence-electron chi connectivity index (χ4n) is 4.75. The summed E-state index contributed by atoms with van der Waals surface area (Å²) in [7, 11) is 0. The van der Waals surface area contributed by atoms with Gasteiger partial charge in [0.05, 0.1) is 22.7 Å². The number of hydrogen-bond donors (Lipinski definition) is 1. The van der Waals surface area contributed by atoms with Crippen molar-refractivity contribution in [2.24, 2.45) is 0 Å². The first-order chi connectivity index (χ1) is 16.2. The van der Waals surface area contributed by atoms with Crippen molar-refractivity contribution >= 4 is 16.8 Å². The fourth-order valence-corrected chi connectivity index (χ4v) is 4.75. The molecule has 0 bridgehead atoms. The van der Waals surface area contributed by atoms with Gasteiger partial charge in [-0.3, -0.25) is 14.7 Å². The summed E-state index contributed by atoms with van der Waals surface area (Å²) >= 11 is 0. The van der Waals surface area contributed by atoms with Gasteiger partial charge in [0.1, 0.15) is 0 Å². The second kappa shape index (κ2) is 11.1. The molecule has 1 fully saturated rings. The van der Waals surface area contributed by atoms with Crippen LogP contribution in [0.3, 0.4) is 0 Å². The van der Waals surface area contributed by atoms with Crippen LogP contribution in [0.15, 0.2) is 54.7 Å². The monoisotopic (exact) mass is 440 g/mol. The molecule has 33 heavy (non-hydrogen) atoms. The zero-order chi connectivity index (χ0) is 23.0. The minimum atomic E-state index is 0.0329. The first-order valence-electron chi connectivity index (χ1n) is 12.1. The van der Waals surface area contributed by atoms with Crippen LogP contribution >= 0.6 is 0 Å². The van der Waals surface area contributed by atoms with Crippen molar-refractivity contribution in [1.29, 1.82) is 5.26 Å². The van der Waals surface area contributed by atoms with Crippen LogP contribution in [0.5, 0.6) is 0 Å². The Morgan fingerprint density at radius 2 is 1.94 bits per heavy atom. The smallest absolute Gasteiger partial charge is 0.252 e. The summed E-state index contributed by atoms with van der Waals surface area (Å²) in [5.41, 5.74) is 5.13. The molecule has 1 saturated carbocycles. The molecule has 1 aromatic heterocycles. The summed E-state index contributed by atoms with van der Waals surface area (Å²) in [6.45, 7) is 5.46. The van der Waals surface area contributed by atoms with Gasteiger partial charge in [0, 0.05) is 30.7 Å². The van der Waals surface area contributed by atoms with Crippen LogP contribution in [-0.4, -0.2) is 34.9 Å². The summed E-state index contributed by atoms with van der Waals surface area (Å²) in [4.78, 5) is 19.1. The number of para-hydroxylation sites is 1. The molecule has 170 valence electrons. The molecule has 2 aromatic carbocycles. The lowest BCUT2D eigenvalue weighted by atomic mass is 9.95. The number of amides is 1. The molecule has 5 nitrogen and oxygen atoms in total. The van der Waals surface area contributed by atoms with Crippen molar-refractivity contribution in [3.8, 4) is 6.07 Å². The van der Waals surface area contributed by atoms with E-state index in [9.17, 15) is 4.79 Å². The lowest BCUT2D eigenvalue weighted by molar-refractivity contribution is 0.0929. The van der Waals surface area contributed by atoms with Gasteiger partial charge in [-0.05, 0) is 61.2 Å². The molecule has 0 spiro atoms. The van der Waals surface area contributed by atoms with Crippen LogP contribution in [0.25, 0.3) is 10.9 Å². The third-order valence-electron chi connectivity index (χ3n) is 6.71. The van der Waals surface area contributed by atoms with Crippen LogP contribution in [0, 0.1) is 11.3 Å². The van der Waals surface area contributed by atoms with Crippen molar-refractivity contribution < 1.29 is 4.79 Å². The number of carbonyl (C=O) groups is 1. The number of benzene rings is 2. The van der Waals surface area contributed by atoms with E-state index in [0.717, 1.165) is 60.9 Å². The van der Waals surface area contributed by atoms with E-state index in [4.69, 9.17) is 5.26 Å². The van der Waals surface area contributed by atoms with Gasteiger partial charge in [0.2, 0.25) is 0 Å². The second-order valence-electron chi connectivity index (χ2n) is 8.90. The molecule has 0 atom stereocenters. The highest BCUT2D eigenvalue weighted by atomic mass is 16.1. The lowest BCUT2D eigenvalue weighted by Gasteiger charge is -2.27. The van der Waals surface area contributed by atoms with E-state index in [1.54, 1.807) is 12.3 Å². The first kappa shape index (κ1) is 22.9. The molecular formula is C28H32N4O. The van der Waals surface area contributed by atoms with Gasteiger partial charge in [-0.25, -0.2) is 0 Å². The van der Waals surface area contributed by atoms with Crippen molar-refractivity contribution in [2.45, 2.75) is 58.0 Å². The molecule has 0 unspecified atom stereocenters. The average Bonchev–Trinajstić information content (AvgIpc) is 2.88. The number of likely N-dealkylation sites (N-methyl/N-ethyl adjacent to an activating group) is 1. The standard InChI is InChI=1S/C16H18N2O.C12H14N2/c19-16(18-12-6-2-1-3-7-12)14-10-11-17-15-9-5-4-8-13(14)15;1-2-14-6-5-11-7-10(8-13)3-4-12(11)9-14/h4-5,8-12H,1-3,6-7H2,(H,18,19);3-4,7H,2,5-6,9H2,1H3. The van der Waals surface area contributed by atoms with Gasteiger partial charge >= 0.3 is 0 Å². The van der Waals surface area contributed by atoms with Crippen molar-refractivity contribution in [2.75, 3.05) is 13.1 Å². The Labute approximate surface area is 196 Å². The molecule has 0 radical (unpaired) electrons. The zero-order valence-electron chi connectivity index (χ0n) is 19.4. The first-order valence-corrected chi connectivity index (χ1v) is 12.1. The Morgan fingerprint density at radius 3 is 2.73 bits per heavy atom. The molecule has 1 amide bonds. The maximum absolute atomic E-state index is 12.4. The molecule has 5 heteroatoms. The summed E-state index contributed by atoms with van der Waals surface area (Å²) < 4.78 is 0. The molecular weight excluding hydrogens is 408 g/mol. The Morgan fingerprint density at radius 1 is 1.12 bits per heavy atom. The molecule has 1 aliphatic carbocycles. The van der Waals surface area contributed by atoms with Crippen LogP contribution in [0.2, 0.25) is 0 Å². The Hall–Kier alpha value is -3.23. The van der Waals surface area contributed by atoms with E-state index in [1.165, 1.54) is 30.4 Å². The van der Waals surface area contributed by atoms with Gasteiger partial charge in [-0.2, -0.15) is 5.26 Å². The van der Waals surface area contributed by atoms with E-state index in [2.05, 4.69) is 34.3 Å². The normalized spacial score (nSPS) is 16.2. The number of fused-ring (bicyclic) bond motifs is 2. The second-order valence-corrected chi connectivity index (χ2v) is 8.90. The summed E-state index contributed by atoms with van der Waals surface area (Å²) in [6.07, 6.45) is 8.74. The zero-order valence-corrected chi connectivity index (χ0v) is 19.4. The molecule has 3 aromatic rings. The van der Waals surface area contributed by atoms with E-state index >= 15 is 0 Å². The van der Waals surface area contributed by atoms with Gasteiger partial charge in [0.15, 0.2) is 0 Å². The number of aromatic nitrogens is 1. The minimum absolute atomic E-state index is 0.0329. The predicted octanol–water partition coefficient (Wildman–Crippen LogP) is 5.23. The highest BCUT2D eigenvalue weighted by molar-refractivity contribution is 6.06. The number of nitrogens with one attached hydrogen (secondary N) is 1. The summed E-state index contributed by atoms with van der Waals surface area (Å²) in [5, 5.41) is 12.9. The summed E-state index contributed by atoms with van der Waals surface area (Å²) in [6, 6.07) is 18.2. The molecule has 5 rings (SSSR count). The van der Waals surface area contributed by atoms with E-state index in [1.807, 2.05) is 36.4 Å². The Balaban J connectivity index is 0.000000165. The maximum atomic E-state index is 12.4.